The second kappa shape index (κ2) is 10.4. The summed E-state index contributed by atoms with van der Waals surface area (Å²) in [6.07, 6.45) is -3.24. The molecule has 0 radical (unpaired) electrons. The lowest BCUT2D eigenvalue weighted by molar-refractivity contribution is -0.137. The van der Waals surface area contributed by atoms with Crippen LogP contribution in [0.3, 0.4) is 0 Å². The van der Waals surface area contributed by atoms with Gasteiger partial charge in [-0.05, 0) is 36.2 Å². The van der Waals surface area contributed by atoms with Gasteiger partial charge in [0.1, 0.15) is 11.4 Å². The highest BCUT2D eigenvalue weighted by Crippen LogP contribution is 2.41. The van der Waals surface area contributed by atoms with Crippen LogP contribution in [0, 0.1) is 0 Å². The molecule has 2 heterocycles. The Morgan fingerprint density at radius 2 is 1.86 bits per heavy atom. The number of aryl methyl sites for hydroxylation is 1. The van der Waals surface area contributed by atoms with Crippen molar-refractivity contribution in [3.05, 3.63) is 69.3 Å². The Labute approximate surface area is 219 Å². The zero-order valence-electron chi connectivity index (χ0n) is 19.9. The Bertz CT molecular complexity index is 1390. The minimum atomic E-state index is -4.73. The van der Waals surface area contributed by atoms with Crippen LogP contribution in [-0.2, 0) is 23.7 Å². The summed E-state index contributed by atoms with van der Waals surface area (Å²) in [4.78, 5) is 31.8. The second-order valence-corrected chi connectivity index (χ2v) is 12.3. The average molecular weight is 598 g/mol. The van der Waals surface area contributed by atoms with Crippen molar-refractivity contribution in [3.8, 4) is 0 Å². The maximum atomic E-state index is 13.8. The first-order chi connectivity index (χ1) is 17.4. The van der Waals surface area contributed by atoms with Crippen molar-refractivity contribution in [2.24, 2.45) is 0 Å². The van der Waals surface area contributed by atoms with Crippen LogP contribution < -0.4 is 10.6 Å². The highest BCUT2D eigenvalue weighted by Gasteiger charge is 2.36. The Hall–Kier alpha value is -2.95. The number of rotatable bonds is 8. The lowest BCUT2D eigenvalue weighted by atomic mass is 10.1. The van der Waals surface area contributed by atoms with E-state index in [0.717, 1.165) is 5.56 Å². The third-order valence-corrected chi connectivity index (χ3v) is 8.67. The summed E-state index contributed by atoms with van der Waals surface area (Å²) >= 11 is 3.40. The lowest BCUT2D eigenvalue weighted by Crippen LogP contribution is -2.18. The van der Waals surface area contributed by atoms with E-state index in [0.29, 0.717) is 34.9 Å². The summed E-state index contributed by atoms with van der Waals surface area (Å²) in [7, 11) is -1.52. The minimum Gasteiger partial charge on any atom is -0.344 e. The van der Waals surface area contributed by atoms with Gasteiger partial charge < -0.3 is 20.4 Å². The summed E-state index contributed by atoms with van der Waals surface area (Å²) < 4.78 is 53.8. The van der Waals surface area contributed by atoms with Gasteiger partial charge >= 0.3 is 6.18 Å². The van der Waals surface area contributed by atoms with Crippen LogP contribution in [0.5, 0.6) is 0 Å². The lowest BCUT2D eigenvalue weighted by Gasteiger charge is -2.16. The molecule has 2 aromatic carbocycles. The largest absolute Gasteiger partial charge is 0.421 e. The van der Waals surface area contributed by atoms with Gasteiger partial charge in [0.25, 0.3) is 5.91 Å². The highest BCUT2D eigenvalue weighted by atomic mass is 79.9. The number of aromatic nitrogens is 2. The normalized spacial score (nSPS) is 14.9. The van der Waals surface area contributed by atoms with E-state index in [1.165, 1.54) is 11.0 Å². The molecule has 0 aliphatic carbocycles. The van der Waals surface area contributed by atoms with Crippen molar-refractivity contribution in [1.29, 1.82) is 0 Å². The van der Waals surface area contributed by atoms with Gasteiger partial charge in [0.05, 0.1) is 11.3 Å². The first kappa shape index (κ1) is 27.1. The molecule has 3 aromatic rings. The minimum absolute atomic E-state index is 0.0775. The van der Waals surface area contributed by atoms with Crippen LogP contribution in [0.15, 0.2) is 47.1 Å². The van der Waals surface area contributed by atoms with Crippen molar-refractivity contribution in [2.45, 2.75) is 26.1 Å². The number of alkyl halides is 3. The highest BCUT2D eigenvalue weighted by molar-refractivity contribution is 9.10. The smallest absolute Gasteiger partial charge is 0.344 e. The summed E-state index contributed by atoms with van der Waals surface area (Å²) in [5.74, 6) is -0.880. The summed E-state index contributed by atoms with van der Waals surface area (Å²) in [5.41, 5.74) is 1.47. The number of anilines is 4. The number of halogens is 4. The summed E-state index contributed by atoms with van der Waals surface area (Å²) in [6.45, 7) is 2.00. The molecule has 37 heavy (non-hydrogen) atoms. The third-order valence-electron chi connectivity index (χ3n) is 6.01. The number of carbonyl (C=O) groups is 1. The maximum absolute atomic E-state index is 13.8. The van der Waals surface area contributed by atoms with Gasteiger partial charge in [0, 0.05) is 47.8 Å². The van der Waals surface area contributed by atoms with E-state index in [4.69, 9.17) is 0 Å². The monoisotopic (exact) mass is 597 g/mol. The number of nitrogens with one attached hydrogen (secondary N) is 2. The van der Waals surface area contributed by atoms with Crippen molar-refractivity contribution >= 4 is 52.3 Å². The molecule has 1 atom stereocenters. The molecule has 8 nitrogen and oxygen atoms in total. The number of benzene rings is 2. The van der Waals surface area contributed by atoms with Gasteiger partial charge in [-0.15, -0.1) is 0 Å². The topological polar surface area (TPSA) is 107 Å². The first-order valence-electron chi connectivity index (χ1n) is 11.3. The van der Waals surface area contributed by atoms with Crippen LogP contribution >= 0.6 is 23.3 Å². The van der Waals surface area contributed by atoms with Crippen LogP contribution in [0.4, 0.5) is 36.3 Å². The molecule has 196 valence electrons. The predicted octanol–water partition coefficient (Wildman–Crippen LogP) is 6.16. The summed E-state index contributed by atoms with van der Waals surface area (Å²) in [5, 5.41) is 5.58. The molecule has 0 saturated carbocycles. The van der Waals surface area contributed by atoms with Crippen molar-refractivity contribution in [2.75, 3.05) is 30.0 Å². The third kappa shape index (κ3) is 6.14. The predicted molar refractivity (Wildman–Crippen MR) is 139 cm³/mol. The van der Waals surface area contributed by atoms with E-state index in [-0.39, 0.29) is 35.4 Å². The van der Waals surface area contributed by atoms with E-state index >= 15 is 0 Å². The molecule has 0 spiro atoms. The van der Waals surface area contributed by atoms with Gasteiger partial charge in [-0.1, -0.05) is 35.0 Å². The van der Waals surface area contributed by atoms with Gasteiger partial charge in [-0.2, -0.15) is 18.2 Å². The fourth-order valence-corrected chi connectivity index (χ4v) is 5.22. The van der Waals surface area contributed by atoms with E-state index in [2.05, 4.69) is 36.5 Å². The number of carbonyl (C=O) groups excluding carboxylic acids is 1. The molecule has 3 N–H and O–H groups in total. The molecular weight excluding hydrogens is 574 g/mol. The molecule has 0 fully saturated rings. The Balaban J connectivity index is 1.60. The molecule has 1 aliphatic heterocycles. The first-order valence-corrected chi connectivity index (χ1v) is 14.1. The van der Waals surface area contributed by atoms with Crippen LogP contribution in [0.2, 0.25) is 0 Å². The molecule has 0 bridgehead atoms. The molecule has 1 aromatic heterocycles. The zero-order chi connectivity index (χ0) is 27.0. The fraction of sp³-hybridized carbons (Fsp3) is 0.292. The van der Waals surface area contributed by atoms with Gasteiger partial charge in [-0.25, -0.2) is 4.98 Å². The zero-order valence-corrected chi connectivity index (χ0v) is 22.4. The molecule has 4 rings (SSSR count). The molecule has 13 heteroatoms. The van der Waals surface area contributed by atoms with Gasteiger partial charge in [-0.3, -0.25) is 9.36 Å². The van der Waals surface area contributed by atoms with Crippen LogP contribution in [0.1, 0.15) is 34.0 Å². The Morgan fingerprint density at radius 3 is 2.51 bits per heavy atom. The Kier molecular flexibility index (Phi) is 7.64. The van der Waals surface area contributed by atoms with Gasteiger partial charge in [0.2, 0.25) is 13.3 Å². The number of nitrogens with zero attached hydrogens (tertiary/aromatic N) is 3. The second-order valence-electron chi connectivity index (χ2n) is 8.65. The van der Waals surface area contributed by atoms with Crippen LogP contribution in [-0.4, -0.2) is 45.0 Å². The Morgan fingerprint density at radius 1 is 1.16 bits per heavy atom. The van der Waals surface area contributed by atoms with E-state index in [9.17, 15) is 27.4 Å². The fourth-order valence-electron chi connectivity index (χ4n) is 3.84. The molecule has 1 aliphatic rings. The molecule has 0 saturated heterocycles. The SMILES string of the molecule is CCP(=O)(O)CCc1ccc(Nc2ncc(C(F)(F)F)c(Nc3ccc(Br)c4c3C(=O)N(C)C4)n2)cc1. The standard InChI is InChI=1S/C24H24BrF3N5O3P/c1-3-37(35,36)11-10-14-4-6-15(7-5-14)30-23-29-12-17(24(26,27)28)21(32-23)31-19-9-8-18(25)16-13-33(2)22(34)20(16)19/h4-9,12H,3,10-11,13H2,1-2H3,(H,35,36)(H2,29,30,31,32). The van der Waals surface area contributed by atoms with Crippen molar-refractivity contribution < 1.29 is 27.4 Å². The van der Waals surface area contributed by atoms with E-state index in [1.54, 1.807) is 44.3 Å². The average Bonchev–Trinajstić information content (AvgIpc) is 3.15. The number of hydrogen-bond acceptors (Lipinski definition) is 6. The van der Waals surface area contributed by atoms with E-state index < -0.39 is 24.9 Å². The number of amides is 1. The van der Waals surface area contributed by atoms with Crippen molar-refractivity contribution in [1.82, 2.24) is 14.9 Å². The summed E-state index contributed by atoms with van der Waals surface area (Å²) in [6, 6.07) is 10.1. The quantitative estimate of drug-likeness (QED) is 0.267. The molecule has 1 unspecified atom stereocenters. The van der Waals surface area contributed by atoms with Gasteiger partial charge in [0.15, 0.2) is 0 Å². The maximum Gasteiger partial charge on any atom is 0.421 e. The molecule has 1 amide bonds. The number of hydrogen-bond donors (Lipinski definition) is 3. The van der Waals surface area contributed by atoms with E-state index in [1.807, 2.05) is 0 Å². The molecular formula is C24H24BrF3N5O3P. The number of fused-ring (bicyclic) bond motifs is 1. The van der Waals surface area contributed by atoms with Crippen molar-refractivity contribution in [3.63, 3.8) is 0 Å². The van der Waals surface area contributed by atoms with Crippen LogP contribution in [0.25, 0.3) is 0 Å².